The molecule has 0 saturated heterocycles. The zero-order chi connectivity index (χ0) is 17.3. The third-order valence-corrected chi connectivity index (χ3v) is 5.13. The SMILES string of the molecule is CN(C)c1nccc(N2CCN(S(C)(=O)=O)c3ccccc3C2)n1. The summed E-state index contributed by atoms with van der Waals surface area (Å²) >= 11 is 0. The van der Waals surface area contributed by atoms with E-state index >= 15 is 0 Å². The van der Waals surface area contributed by atoms with Crippen LogP contribution in [0.4, 0.5) is 17.5 Å². The van der Waals surface area contributed by atoms with Crippen LogP contribution in [-0.2, 0) is 16.6 Å². The maximum absolute atomic E-state index is 12.2. The lowest BCUT2D eigenvalue weighted by atomic mass is 10.2. The first-order valence-electron chi connectivity index (χ1n) is 7.67. The predicted octanol–water partition coefficient (Wildman–Crippen LogP) is 1.33. The number of rotatable bonds is 3. The third kappa shape index (κ3) is 3.28. The average Bonchev–Trinajstić information content (AvgIpc) is 2.74. The number of aromatic nitrogens is 2. The van der Waals surface area contributed by atoms with Crippen molar-refractivity contribution in [2.45, 2.75) is 6.54 Å². The van der Waals surface area contributed by atoms with Gasteiger partial charge in [-0.2, -0.15) is 4.98 Å². The largest absolute Gasteiger partial charge is 0.350 e. The Morgan fingerprint density at radius 2 is 1.88 bits per heavy atom. The fraction of sp³-hybridized carbons (Fsp3) is 0.375. The smallest absolute Gasteiger partial charge is 0.232 e. The monoisotopic (exact) mass is 347 g/mol. The van der Waals surface area contributed by atoms with Crippen LogP contribution in [0.15, 0.2) is 36.5 Å². The van der Waals surface area contributed by atoms with Gasteiger partial charge in [0, 0.05) is 33.4 Å². The molecule has 0 radical (unpaired) electrons. The summed E-state index contributed by atoms with van der Waals surface area (Å²) < 4.78 is 25.8. The molecule has 2 aromatic rings. The van der Waals surface area contributed by atoms with Gasteiger partial charge >= 0.3 is 0 Å². The summed E-state index contributed by atoms with van der Waals surface area (Å²) in [6.07, 6.45) is 2.97. The van der Waals surface area contributed by atoms with Crippen LogP contribution >= 0.6 is 0 Å². The van der Waals surface area contributed by atoms with E-state index < -0.39 is 10.0 Å². The maximum atomic E-state index is 12.2. The number of nitrogens with zero attached hydrogens (tertiary/aromatic N) is 5. The molecule has 0 spiro atoms. The van der Waals surface area contributed by atoms with E-state index in [0.717, 1.165) is 17.1 Å². The van der Waals surface area contributed by atoms with Crippen molar-refractivity contribution in [3.05, 3.63) is 42.1 Å². The Morgan fingerprint density at radius 1 is 1.12 bits per heavy atom. The zero-order valence-corrected chi connectivity index (χ0v) is 14.9. The molecule has 0 aliphatic carbocycles. The molecule has 128 valence electrons. The van der Waals surface area contributed by atoms with Crippen molar-refractivity contribution in [2.24, 2.45) is 0 Å². The lowest BCUT2D eigenvalue weighted by Crippen LogP contribution is -2.35. The van der Waals surface area contributed by atoms with Gasteiger partial charge < -0.3 is 9.80 Å². The second-order valence-electron chi connectivity index (χ2n) is 5.99. The minimum atomic E-state index is -3.32. The van der Waals surface area contributed by atoms with Gasteiger partial charge in [-0.05, 0) is 17.7 Å². The number of anilines is 3. The van der Waals surface area contributed by atoms with Gasteiger partial charge in [0.15, 0.2) is 0 Å². The maximum Gasteiger partial charge on any atom is 0.232 e. The Bertz CT molecular complexity index is 838. The van der Waals surface area contributed by atoms with Crippen LogP contribution in [0, 0.1) is 0 Å². The molecular weight excluding hydrogens is 326 g/mol. The fourth-order valence-corrected chi connectivity index (χ4v) is 3.72. The Morgan fingerprint density at radius 3 is 2.58 bits per heavy atom. The molecule has 0 bridgehead atoms. The summed E-state index contributed by atoms with van der Waals surface area (Å²) in [5.41, 5.74) is 1.70. The molecule has 0 N–H and O–H groups in total. The minimum Gasteiger partial charge on any atom is -0.350 e. The van der Waals surface area contributed by atoms with Gasteiger partial charge in [0.25, 0.3) is 0 Å². The van der Waals surface area contributed by atoms with Gasteiger partial charge in [-0.1, -0.05) is 18.2 Å². The van der Waals surface area contributed by atoms with Crippen LogP contribution in [0.25, 0.3) is 0 Å². The van der Waals surface area contributed by atoms with E-state index in [-0.39, 0.29) is 0 Å². The Labute approximate surface area is 142 Å². The first kappa shape index (κ1) is 16.5. The lowest BCUT2D eigenvalue weighted by Gasteiger charge is -2.23. The van der Waals surface area contributed by atoms with E-state index in [1.807, 2.05) is 49.3 Å². The number of para-hydroxylation sites is 1. The summed E-state index contributed by atoms with van der Waals surface area (Å²) in [6, 6.07) is 9.45. The topological polar surface area (TPSA) is 69.6 Å². The number of fused-ring (bicyclic) bond motifs is 1. The van der Waals surface area contributed by atoms with Crippen LogP contribution in [0.1, 0.15) is 5.56 Å². The minimum absolute atomic E-state index is 0.386. The Kier molecular flexibility index (Phi) is 4.31. The van der Waals surface area contributed by atoms with E-state index in [4.69, 9.17) is 0 Å². The highest BCUT2D eigenvalue weighted by Crippen LogP contribution is 2.28. The number of benzene rings is 1. The molecular formula is C16H21N5O2S. The summed E-state index contributed by atoms with van der Waals surface area (Å²) in [7, 11) is 0.458. The van der Waals surface area contributed by atoms with E-state index in [9.17, 15) is 8.42 Å². The van der Waals surface area contributed by atoms with Crippen molar-refractivity contribution < 1.29 is 8.42 Å². The number of sulfonamides is 1. The van der Waals surface area contributed by atoms with Crippen LogP contribution in [0.3, 0.4) is 0 Å². The van der Waals surface area contributed by atoms with Crippen LogP contribution in [-0.4, -0.2) is 51.8 Å². The quantitative estimate of drug-likeness (QED) is 0.834. The van der Waals surface area contributed by atoms with Crippen LogP contribution < -0.4 is 14.1 Å². The van der Waals surface area contributed by atoms with Crippen molar-refractivity contribution >= 4 is 27.5 Å². The Balaban J connectivity index is 1.99. The van der Waals surface area contributed by atoms with E-state index in [2.05, 4.69) is 14.9 Å². The molecule has 0 fully saturated rings. The molecule has 0 amide bonds. The molecule has 24 heavy (non-hydrogen) atoms. The molecule has 8 heteroatoms. The molecule has 1 aliphatic heterocycles. The average molecular weight is 347 g/mol. The highest BCUT2D eigenvalue weighted by molar-refractivity contribution is 7.92. The first-order valence-corrected chi connectivity index (χ1v) is 9.52. The third-order valence-electron chi connectivity index (χ3n) is 3.95. The van der Waals surface area contributed by atoms with Gasteiger partial charge in [0.2, 0.25) is 16.0 Å². The number of hydrogen-bond acceptors (Lipinski definition) is 6. The van der Waals surface area contributed by atoms with Gasteiger partial charge in [-0.3, -0.25) is 4.31 Å². The van der Waals surface area contributed by atoms with E-state index in [1.165, 1.54) is 10.6 Å². The second kappa shape index (κ2) is 6.27. The molecule has 1 aliphatic rings. The van der Waals surface area contributed by atoms with Gasteiger partial charge in [0.05, 0.1) is 18.5 Å². The summed E-state index contributed by atoms with van der Waals surface area (Å²) in [5, 5.41) is 0. The van der Waals surface area contributed by atoms with Crippen LogP contribution in [0.5, 0.6) is 0 Å². The fourth-order valence-electron chi connectivity index (χ4n) is 2.78. The number of hydrogen-bond donors (Lipinski definition) is 0. The molecule has 1 aromatic carbocycles. The predicted molar refractivity (Wildman–Crippen MR) is 96.0 cm³/mol. The van der Waals surface area contributed by atoms with E-state index in [1.54, 1.807) is 6.20 Å². The zero-order valence-electron chi connectivity index (χ0n) is 14.0. The first-order chi connectivity index (χ1) is 11.4. The summed E-state index contributed by atoms with van der Waals surface area (Å²) in [6.45, 7) is 1.55. The van der Waals surface area contributed by atoms with Gasteiger partial charge in [0.1, 0.15) is 5.82 Å². The highest BCUT2D eigenvalue weighted by atomic mass is 32.2. The standard InChI is InChI=1S/C16H21N5O2S/c1-19(2)16-17-9-8-15(18-16)20-10-11-21(24(3,22)23)14-7-5-4-6-13(14)12-20/h4-9H,10-12H2,1-3H3. The van der Waals surface area contributed by atoms with Crippen molar-refractivity contribution in [3.63, 3.8) is 0 Å². The molecule has 0 atom stereocenters. The van der Waals surface area contributed by atoms with E-state index in [0.29, 0.717) is 25.6 Å². The molecule has 3 rings (SSSR count). The normalized spacial score (nSPS) is 15.0. The Hall–Kier alpha value is -2.35. The molecule has 2 heterocycles. The molecule has 0 saturated carbocycles. The lowest BCUT2D eigenvalue weighted by molar-refractivity contribution is 0.596. The van der Waals surface area contributed by atoms with Gasteiger partial charge in [-0.25, -0.2) is 13.4 Å². The van der Waals surface area contributed by atoms with Crippen LogP contribution in [0.2, 0.25) is 0 Å². The molecule has 7 nitrogen and oxygen atoms in total. The van der Waals surface area contributed by atoms with Crippen molar-refractivity contribution in [1.82, 2.24) is 9.97 Å². The molecule has 0 unspecified atom stereocenters. The molecule has 1 aromatic heterocycles. The van der Waals surface area contributed by atoms with Crippen molar-refractivity contribution in [1.29, 1.82) is 0 Å². The van der Waals surface area contributed by atoms with Crippen molar-refractivity contribution in [2.75, 3.05) is 47.5 Å². The summed E-state index contributed by atoms with van der Waals surface area (Å²) in [5.74, 6) is 1.42. The second-order valence-corrected chi connectivity index (χ2v) is 7.90. The van der Waals surface area contributed by atoms with Gasteiger partial charge in [-0.15, -0.1) is 0 Å². The summed E-state index contributed by atoms with van der Waals surface area (Å²) in [4.78, 5) is 12.7. The highest BCUT2D eigenvalue weighted by Gasteiger charge is 2.26. The van der Waals surface area contributed by atoms with Crippen molar-refractivity contribution in [3.8, 4) is 0 Å².